The lowest BCUT2D eigenvalue weighted by molar-refractivity contribution is 0.408. The van der Waals surface area contributed by atoms with Crippen LogP contribution in [0.25, 0.3) is 0 Å². The number of hydrogen-bond donors (Lipinski definition) is 1. The SMILES string of the molecule is CCCNCc1ccc(S(=O)(=O)N2CCCC2C)cc1. The number of hydrogen-bond acceptors (Lipinski definition) is 3. The van der Waals surface area contributed by atoms with Gasteiger partial charge in [0, 0.05) is 19.1 Å². The highest BCUT2D eigenvalue weighted by Crippen LogP contribution is 2.25. The lowest BCUT2D eigenvalue weighted by atomic mass is 10.2. The molecule has 0 spiro atoms. The Bertz CT molecular complexity index is 525. The maximum Gasteiger partial charge on any atom is 0.243 e. The molecule has 1 N–H and O–H groups in total. The van der Waals surface area contributed by atoms with Crippen LogP contribution in [0.1, 0.15) is 38.7 Å². The van der Waals surface area contributed by atoms with Crippen molar-refractivity contribution < 1.29 is 8.42 Å². The minimum Gasteiger partial charge on any atom is -0.313 e. The summed E-state index contributed by atoms with van der Waals surface area (Å²) in [6, 6.07) is 7.37. The van der Waals surface area contributed by atoms with Gasteiger partial charge in [0.05, 0.1) is 4.90 Å². The smallest absolute Gasteiger partial charge is 0.243 e. The van der Waals surface area contributed by atoms with Crippen LogP contribution < -0.4 is 5.32 Å². The third-order valence-electron chi connectivity index (χ3n) is 3.78. The zero-order valence-electron chi connectivity index (χ0n) is 12.3. The van der Waals surface area contributed by atoms with Gasteiger partial charge in [-0.15, -0.1) is 0 Å². The van der Waals surface area contributed by atoms with Gasteiger partial charge in [-0.25, -0.2) is 8.42 Å². The first-order valence-corrected chi connectivity index (χ1v) is 8.81. The number of rotatable bonds is 6. The Kier molecular flexibility index (Phi) is 5.18. The average molecular weight is 296 g/mol. The summed E-state index contributed by atoms with van der Waals surface area (Å²) in [6.45, 7) is 6.51. The highest BCUT2D eigenvalue weighted by atomic mass is 32.2. The van der Waals surface area contributed by atoms with Crippen LogP contribution in [0.15, 0.2) is 29.2 Å². The number of sulfonamides is 1. The van der Waals surface area contributed by atoms with E-state index < -0.39 is 10.0 Å². The van der Waals surface area contributed by atoms with Gasteiger partial charge >= 0.3 is 0 Å². The summed E-state index contributed by atoms with van der Waals surface area (Å²) in [5.41, 5.74) is 1.12. The van der Waals surface area contributed by atoms with Gasteiger partial charge in [0.2, 0.25) is 10.0 Å². The minimum atomic E-state index is -3.32. The van der Waals surface area contributed by atoms with Crippen LogP contribution in [0, 0.1) is 0 Å². The molecule has 1 heterocycles. The van der Waals surface area contributed by atoms with E-state index in [2.05, 4.69) is 12.2 Å². The molecule has 20 heavy (non-hydrogen) atoms. The van der Waals surface area contributed by atoms with Crippen LogP contribution in [-0.4, -0.2) is 31.9 Å². The third kappa shape index (κ3) is 3.40. The van der Waals surface area contributed by atoms with Crippen LogP contribution in [-0.2, 0) is 16.6 Å². The van der Waals surface area contributed by atoms with Gasteiger partial charge in [0.1, 0.15) is 0 Å². The van der Waals surface area contributed by atoms with E-state index in [4.69, 9.17) is 0 Å². The molecule has 0 amide bonds. The molecule has 1 atom stereocenters. The van der Waals surface area contributed by atoms with E-state index in [-0.39, 0.29) is 6.04 Å². The molecule has 0 bridgehead atoms. The van der Waals surface area contributed by atoms with Crippen LogP contribution >= 0.6 is 0 Å². The van der Waals surface area contributed by atoms with Gasteiger partial charge < -0.3 is 5.32 Å². The topological polar surface area (TPSA) is 49.4 Å². The second-order valence-electron chi connectivity index (χ2n) is 5.43. The van der Waals surface area contributed by atoms with Crippen LogP contribution in [0.5, 0.6) is 0 Å². The van der Waals surface area contributed by atoms with Crippen molar-refractivity contribution in [2.45, 2.75) is 50.6 Å². The van der Waals surface area contributed by atoms with Gasteiger partial charge in [0.25, 0.3) is 0 Å². The van der Waals surface area contributed by atoms with Crippen molar-refractivity contribution in [3.8, 4) is 0 Å². The Morgan fingerprint density at radius 3 is 2.55 bits per heavy atom. The van der Waals surface area contributed by atoms with E-state index in [9.17, 15) is 8.42 Å². The van der Waals surface area contributed by atoms with Gasteiger partial charge in [-0.05, 0) is 50.4 Å². The lowest BCUT2D eigenvalue weighted by Crippen LogP contribution is -2.33. The number of nitrogens with zero attached hydrogens (tertiary/aromatic N) is 1. The molecule has 0 radical (unpaired) electrons. The normalized spacial score (nSPS) is 20.4. The summed E-state index contributed by atoms with van der Waals surface area (Å²) in [5, 5.41) is 3.31. The molecule has 1 saturated heterocycles. The predicted molar refractivity (Wildman–Crippen MR) is 81.0 cm³/mol. The highest BCUT2D eigenvalue weighted by molar-refractivity contribution is 7.89. The Hall–Kier alpha value is -0.910. The summed E-state index contributed by atoms with van der Waals surface area (Å²) in [7, 11) is -3.32. The zero-order chi connectivity index (χ0) is 14.6. The quantitative estimate of drug-likeness (QED) is 0.820. The molecular formula is C15H24N2O2S. The van der Waals surface area contributed by atoms with Crippen molar-refractivity contribution in [2.75, 3.05) is 13.1 Å². The molecule has 1 aromatic rings. The fourth-order valence-electron chi connectivity index (χ4n) is 2.59. The molecule has 2 rings (SSSR count). The molecule has 4 nitrogen and oxygen atoms in total. The first kappa shape index (κ1) is 15.5. The van der Waals surface area contributed by atoms with E-state index in [1.165, 1.54) is 0 Å². The van der Waals surface area contributed by atoms with E-state index in [0.29, 0.717) is 11.4 Å². The fourth-order valence-corrected chi connectivity index (χ4v) is 4.29. The minimum absolute atomic E-state index is 0.117. The Morgan fingerprint density at radius 1 is 1.30 bits per heavy atom. The maximum atomic E-state index is 12.5. The van der Waals surface area contributed by atoms with Crippen LogP contribution in [0.2, 0.25) is 0 Å². The lowest BCUT2D eigenvalue weighted by Gasteiger charge is -2.21. The summed E-state index contributed by atoms with van der Waals surface area (Å²) >= 11 is 0. The average Bonchev–Trinajstić information content (AvgIpc) is 2.87. The standard InChI is InChI=1S/C15H24N2O2S/c1-3-10-16-12-14-6-8-15(9-7-14)20(18,19)17-11-4-5-13(17)2/h6-9,13,16H,3-5,10-12H2,1-2H3. The summed E-state index contributed by atoms with van der Waals surface area (Å²) in [4.78, 5) is 0.408. The van der Waals surface area contributed by atoms with Gasteiger partial charge in [0.15, 0.2) is 0 Å². The highest BCUT2D eigenvalue weighted by Gasteiger charge is 2.32. The molecule has 0 saturated carbocycles. The summed E-state index contributed by atoms with van der Waals surface area (Å²) < 4.78 is 26.7. The predicted octanol–water partition coefficient (Wildman–Crippen LogP) is 2.36. The van der Waals surface area contributed by atoms with Crippen molar-refractivity contribution in [1.82, 2.24) is 9.62 Å². The summed E-state index contributed by atoms with van der Waals surface area (Å²) in [5.74, 6) is 0. The zero-order valence-corrected chi connectivity index (χ0v) is 13.1. The second kappa shape index (κ2) is 6.70. The van der Waals surface area contributed by atoms with Crippen molar-refractivity contribution in [2.24, 2.45) is 0 Å². The Morgan fingerprint density at radius 2 is 2.00 bits per heavy atom. The number of benzene rings is 1. The van der Waals surface area contributed by atoms with E-state index in [0.717, 1.165) is 37.9 Å². The van der Waals surface area contributed by atoms with Crippen molar-refractivity contribution >= 4 is 10.0 Å². The second-order valence-corrected chi connectivity index (χ2v) is 7.32. The molecule has 1 unspecified atom stereocenters. The molecule has 1 aromatic carbocycles. The Labute approximate surface area is 122 Å². The molecule has 0 aliphatic carbocycles. The van der Waals surface area contributed by atoms with E-state index in [1.807, 2.05) is 19.1 Å². The third-order valence-corrected chi connectivity index (χ3v) is 5.81. The van der Waals surface area contributed by atoms with E-state index >= 15 is 0 Å². The Balaban J connectivity index is 2.09. The molecule has 1 aliphatic heterocycles. The first-order chi connectivity index (χ1) is 9.55. The molecule has 112 valence electrons. The van der Waals surface area contributed by atoms with Crippen molar-refractivity contribution in [1.29, 1.82) is 0 Å². The van der Waals surface area contributed by atoms with Crippen molar-refractivity contribution in [3.63, 3.8) is 0 Å². The fraction of sp³-hybridized carbons (Fsp3) is 0.600. The van der Waals surface area contributed by atoms with Crippen LogP contribution in [0.4, 0.5) is 0 Å². The van der Waals surface area contributed by atoms with E-state index in [1.54, 1.807) is 16.4 Å². The largest absolute Gasteiger partial charge is 0.313 e. The monoisotopic (exact) mass is 296 g/mol. The molecular weight excluding hydrogens is 272 g/mol. The van der Waals surface area contributed by atoms with Gasteiger partial charge in [-0.3, -0.25) is 0 Å². The molecule has 0 aromatic heterocycles. The van der Waals surface area contributed by atoms with Crippen molar-refractivity contribution in [3.05, 3.63) is 29.8 Å². The van der Waals surface area contributed by atoms with Gasteiger partial charge in [-0.2, -0.15) is 4.31 Å². The first-order valence-electron chi connectivity index (χ1n) is 7.37. The van der Waals surface area contributed by atoms with Gasteiger partial charge in [-0.1, -0.05) is 19.1 Å². The summed E-state index contributed by atoms with van der Waals surface area (Å²) in [6.07, 6.45) is 3.01. The maximum absolute atomic E-state index is 12.5. The number of nitrogens with one attached hydrogen (secondary N) is 1. The van der Waals surface area contributed by atoms with Crippen LogP contribution in [0.3, 0.4) is 0 Å². The molecule has 1 aliphatic rings. The molecule has 5 heteroatoms. The molecule has 1 fully saturated rings.